The summed E-state index contributed by atoms with van der Waals surface area (Å²) < 4.78 is 0. The molecule has 0 heterocycles. The predicted octanol–water partition coefficient (Wildman–Crippen LogP) is 6.93. The smallest absolute Gasteiger partial charge is 0.238 e. The molecular weight excluding hydrogens is 538 g/mol. The molecule has 0 aliphatic heterocycles. The number of carbonyl (C=O) groups excluding carboxylic acids is 4. The lowest BCUT2D eigenvalue weighted by molar-refractivity contribution is -0.139. The van der Waals surface area contributed by atoms with Crippen molar-refractivity contribution >= 4 is 23.4 Å². The van der Waals surface area contributed by atoms with Crippen LogP contribution in [-0.2, 0) is 19.2 Å². The van der Waals surface area contributed by atoms with Crippen molar-refractivity contribution in [2.24, 2.45) is 44.3 Å². The molecule has 0 saturated heterocycles. The number of ketones is 2. The highest BCUT2D eigenvalue weighted by Crippen LogP contribution is 2.70. The van der Waals surface area contributed by atoms with Gasteiger partial charge in [-0.3, -0.25) is 30.0 Å². The number of carbonyl (C=O) groups is 4. The quantitative estimate of drug-likeness (QED) is 0.345. The van der Waals surface area contributed by atoms with E-state index in [-0.39, 0.29) is 62.4 Å². The summed E-state index contributed by atoms with van der Waals surface area (Å²) in [7, 11) is 0. The molecular formula is C36H53N3O4. The first kappa shape index (κ1) is 33.1. The lowest BCUT2D eigenvalue weighted by Crippen LogP contribution is -2.60. The van der Waals surface area contributed by atoms with Crippen molar-refractivity contribution in [2.45, 2.75) is 127 Å². The monoisotopic (exact) mass is 591 g/mol. The molecule has 6 atom stereocenters. The summed E-state index contributed by atoms with van der Waals surface area (Å²) in [6, 6.07) is 2.19. The van der Waals surface area contributed by atoms with Gasteiger partial charge in [-0.1, -0.05) is 67.0 Å². The Labute approximate surface area is 258 Å². The third kappa shape index (κ3) is 5.64. The van der Waals surface area contributed by atoms with Crippen molar-refractivity contribution in [1.29, 1.82) is 5.26 Å². The Bertz CT molecular complexity index is 1320. The lowest BCUT2D eigenvalue weighted by atomic mass is 9.38. The van der Waals surface area contributed by atoms with Gasteiger partial charge in [0.25, 0.3) is 0 Å². The lowest BCUT2D eigenvalue weighted by Gasteiger charge is -2.65. The number of hydrogen-bond donors (Lipinski definition) is 2. The summed E-state index contributed by atoms with van der Waals surface area (Å²) >= 11 is 0. The van der Waals surface area contributed by atoms with Crippen molar-refractivity contribution in [3.8, 4) is 6.07 Å². The van der Waals surface area contributed by atoms with Crippen LogP contribution in [-0.4, -0.2) is 23.4 Å². The highest BCUT2D eigenvalue weighted by molar-refractivity contribution is 6.04. The standard InChI is InChI=1S/C36H53N3O4/c1-23(40)38-39-29(42)12-14-33(6)17-16-31(2,3)13-10-25-26(41)20-28-34(7)21-24(22-37)30(43)32(4,5)27(34)11-15-36(28,9)35(25,8)19-18-33/h20-21,25,27H,10-19H2,1-9H3,(H,38,40)(H,39,42)/t25?,27-,33-,34-,35+,36+/m0/s1. The van der Waals surface area contributed by atoms with Crippen LogP contribution in [0, 0.1) is 55.7 Å². The van der Waals surface area contributed by atoms with Crippen molar-refractivity contribution in [3.05, 3.63) is 23.3 Å². The number of nitrogens with zero attached hydrogens (tertiary/aromatic N) is 1. The van der Waals surface area contributed by atoms with Gasteiger partial charge in [0.15, 0.2) is 11.6 Å². The van der Waals surface area contributed by atoms with E-state index in [1.54, 1.807) is 0 Å². The van der Waals surface area contributed by atoms with E-state index in [2.05, 4.69) is 58.5 Å². The predicted molar refractivity (Wildman–Crippen MR) is 167 cm³/mol. The number of allylic oxidation sites excluding steroid dienone is 4. The normalized spacial score (nSPS) is 38.6. The van der Waals surface area contributed by atoms with Crippen molar-refractivity contribution in [2.75, 3.05) is 0 Å². The van der Waals surface area contributed by atoms with Crippen LogP contribution >= 0.6 is 0 Å². The molecule has 0 spiro atoms. The van der Waals surface area contributed by atoms with Gasteiger partial charge in [-0.15, -0.1) is 0 Å². The molecule has 0 aromatic carbocycles. The first-order valence-electron chi connectivity index (χ1n) is 16.2. The van der Waals surface area contributed by atoms with Gasteiger partial charge in [0.2, 0.25) is 11.8 Å². The highest BCUT2D eigenvalue weighted by Gasteiger charge is 2.65. The maximum atomic E-state index is 14.3. The molecule has 7 heteroatoms. The molecule has 0 radical (unpaired) electrons. The van der Waals surface area contributed by atoms with E-state index < -0.39 is 10.8 Å². The molecule has 2 amide bonds. The number of Topliss-reactive ketones (excluding diaryl/α,β-unsaturated/α-hetero) is 1. The molecule has 0 aromatic rings. The number of rotatable bonds is 3. The van der Waals surface area contributed by atoms with Crippen LogP contribution in [0.2, 0.25) is 0 Å². The Balaban J connectivity index is 1.76. The molecule has 4 aliphatic rings. The minimum absolute atomic E-state index is 0.0164. The van der Waals surface area contributed by atoms with E-state index in [0.29, 0.717) is 12.8 Å². The third-order valence-corrected chi connectivity index (χ3v) is 12.9. The second-order valence-corrected chi connectivity index (χ2v) is 16.6. The zero-order chi connectivity index (χ0) is 32.2. The fourth-order valence-electron chi connectivity index (χ4n) is 9.52. The van der Waals surface area contributed by atoms with Gasteiger partial charge in [0, 0.05) is 30.1 Å². The largest absolute Gasteiger partial charge is 0.295 e. The summed E-state index contributed by atoms with van der Waals surface area (Å²) in [5, 5.41) is 9.96. The summed E-state index contributed by atoms with van der Waals surface area (Å²) in [4.78, 5) is 51.5. The minimum atomic E-state index is -0.686. The van der Waals surface area contributed by atoms with Crippen LogP contribution in [0.15, 0.2) is 23.3 Å². The van der Waals surface area contributed by atoms with Crippen LogP contribution < -0.4 is 10.9 Å². The SMILES string of the molecule is CC(=O)NNC(=O)CC[C@@]1(C)CCC(C)(C)CCC2C(=O)C=C3[C@@]4(C)C=C(C#N)C(=O)C(C)(C)[C@@H]4CC[C@@]3(C)[C@]2(C)CC1. The Morgan fingerprint density at radius 1 is 0.907 bits per heavy atom. The second kappa shape index (κ2) is 11.0. The Morgan fingerprint density at radius 2 is 1.56 bits per heavy atom. The van der Waals surface area contributed by atoms with E-state index in [1.807, 2.05) is 26.0 Å². The Hall–Kier alpha value is -2.75. The molecule has 2 fully saturated rings. The zero-order valence-corrected chi connectivity index (χ0v) is 28.0. The van der Waals surface area contributed by atoms with E-state index in [9.17, 15) is 24.4 Å². The average Bonchev–Trinajstić information content (AvgIpc) is 2.92. The van der Waals surface area contributed by atoms with Crippen LogP contribution in [0.1, 0.15) is 127 Å². The third-order valence-electron chi connectivity index (χ3n) is 12.9. The number of fused-ring (bicyclic) bond motifs is 5. The first-order chi connectivity index (χ1) is 19.7. The highest BCUT2D eigenvalue weighted by atomic mass is 16.2. The summed E-state index contributed by atoms with van der Waals surface area (Å²) in [6.07, 6.45) is 12.2. The fourth-order valence-corrected chi connectivity index (χ4v) is 9.52. The van der Waals surface area contributed by atoms with Gasteiger partial charge in [-0.2, -0.15) is 5.26 Å². The van der Waals surface area contributed by atoms with Crippen molar-refractivity contribution in [1.82, 2.24) is 10.9 Å². The maximum Gasteiger partial charge on any atom is 0.238 e. The number of hydrazine groups is 1. The molecule has 236 valence electrons. The van der Waals surface area contributed by atoms with Crippen molar-refractivity contribution < 1.29 is 19.2 Å². The minimum Gasteiger partial charge on any atom is -0.295 e. The topological polar surface area (TPSA) is 116 Å². The van der Waals surface area contributed by atoms with Crippen LogP contribution in [0.4, 0.5) is 0 Å². The Kier molecular flexibility index (Phi) is 8.48. The molecule has 4 rings (SSSR count). The molecule has 2 saturated carbocycles. The van der Waals surface area contributed by atoms with Crippen molar-refractivity contribution in [3.63, 3.8) is 0 Å². The number of nitriles is 1. The summed E-state index contributed by atoms with van der Waals surface area (Å²) in [6.45, 7) is 19.0. The van der Waals surface area contributed by atoms with Gasteiger partial charge in [0.05, 0.1) is 5.57 Å². The summed E-state index contributed by atoms with van der Waals surface area (Å²) in [5.74, 6) is -0.489. The molecule has 0 aromatic heterocycles. The van der Waals surface area contributed by atoms with Gasteiger partial charge in [-0.25, -0.2) is 0 Å². The molecule has 7 nitrogen and oxygen atoms in total. The molecule has 1 unspecified atom stereocenters. The maximum absolute atomic E-state index is 14.3. The molecule has 2 N–H and O–H groups in total. The van der Waals surface area contributed by atoms with E-state index in [0.717, 1.165) is 56.9 Å². The van der Waals surface area contributed by atoms with Crippen LogP contribution in [0.3, 0.4) is 0 Å². The van der Waals surface area contributed by atoms with E-state index in [1.165, 1.54) is 6.92 Å². The first-order valence-corrected chi connectivity index (χ1v) is 16.2. The van der Waals surface area contributed by atoms with Gasteiger partial charge >= 0.3 is 0 Å². The number of amides is 2. The van der Waals surface area contributed by atoms with Crippen LogP contribution in [0.5, 0.6) is 0 Å². The number of hydrogen-bond acceptors (Lipinski definition) is 5. The Morgan fingerprint density at radius 3 is 2.19 bits per heavy atom. The molecule has 4 aliphatic carbocycles. The number of nitrogens with one attached hydrogen (secondary N) is 2. The molecule has 43 heavy (non-hydrogen) atoms. The summed E-state index contributed by atoms with van der Waals surface area (Å²) in [5.41, 5.74) is 4.34. The van der Waals surface area contributed by atoms with E-state index >= 15 is 0 Å². The average molecular weight is 592 g/mol. The zero-order valence-electron chi connectivity index (χ0n) is 28.0. The van der Waals surface area contributed by atoms with Gasteiger partial charge in [0.1, 0.15) is 6.07 Å². The second-order valence-electron chi connectivity index (χ2n) is 16.6. The van der Waals surface area contributed by atoms with Crippen LogP contribution in [0.25, 0.3) is 0 Å². The van der Waals surface area contributed by atoms with Gasteiger partial charge in [-0.05, 0) is 91.4 Å². The fraction of sp³-hybridized carbons (Fsp3) is 0.750. The molecule has 0 bridgehead atoms. The van der Waals surface area contributed by atoms with E-state index in [4.69, 9.17) is 0 Å². The van der Waals surface area contributed by atoms with Gasteiger partial charge < -0.3 is 0 Å².